The van der Waals surface area contributed by atoms with Gasteiger partial charge in [-0.3, -0.25) is 5.32 Å². The number of carbonyl (C=O) groups excluding carboxylic acids is 2. The van der Waals surface area contributed by atoms with Crippen molar-refractivity contribution in [1.82, 2.24) is 0 Å². The molecule has 68 heavy (non-hydrogen) atoms. The van der Waals surface area contributed by atoms with E-state index in [1.54, 1.807) is 13.8 Å². The van der Waals surface area contributed by atoms with E-state index in [9.17, 15) is 84.2 Å². The molecule has 2 aromatic rings. The molecule has 0 aliphatic heterocycles. The van der Waals surface area contributed by atoms with Gasteiger partial charge in [-0.2, -0.15) is 74.6 Å². The number of nitrogens with one attached hydrogen (secondary N) is 1. The van der Waals surface area contributed by atoms with Gasteiger partial charge in [0.1, 0.15) is 30.1 Å². The van der Waals surface area contributed by atoms with Crippen molar-refractivity contribution in [3.05, 3.63) is 83.5 Å². The zero-order valence-corrected chi connectivity index (χ0v) is 37.4. The van der Waals surface area contributed by atoms with E-state index in [0.717, 1.165) is 12.1 Å². The number of alkyl halides is 17. The third-order valence-electron chi connectivity index (χ3n) is 10.3. The summed E-state index contributed by atoms with van der Waals surface area (Å²) >= 11 is 0. The summed E-state index contributed by atoms with van der Waals surface area (Å²) in [6, 6.07) is 6.32. The number of halogens is 19. The maximum atomic E-state index is 15.0. The molecule has 0 fully saturated rings. The fraction of sp³-hybridized carbons (Fsp3) is 0.561. The summed E-state index contributed by atoms with van der Waals surface area (Å²) in [6.45, 7) is 7.35. The van der Waals surface area contributed by atoms with Crippen LogP contribution in [0.15, 0.2) is 66.3 Å². The number of amides is 1. The van der Waals surface area contributed by atoms with Crippen molar-refractivity contribution in [2.24, 2.45) is 0 Å². The molecule has 1 amide bonds. The van der Waals surface area contributed by atoms with Crippen LogP contribution >= 0.6 is 0 Å². The Morgan fingerprint density at radius 3 is 1.71 bits per heavy atom. The van der Waals surface area contributed by atoms with Crippen molar-refractivity contribution < 1.29 is 112 Å². The van der Waals surface area contributed by atoms with Crippen LogP contribution in [-0.2, 0) is 18.7 Å². The summed E-state index contributed by atoms with van der Waals surface area (Å²) in [5.41, 5.74) is -1.56. The zero-order chi connectivity index (χ0) is 52.7. The number of ether oxygens (including phenoxy) is 3. The van der Waals surface area contributed by atoms with Crippen molar-refractivity contribution in [3.63, 3.8) is 0 Å². The lowest BCUT2D eigenvalue weighted by Gasteiger charge is -2.44. The number of carbonyl (C=O) groups is 2. The van der Waals surface area contributed by atoms with Crippen molar-refractivity contribution >= 4 is 26.1 Å². The molecule has 0 radical (unpaired) electrons. The minimum atomic E-state index is -8.72. The summed E-state index contributed by atoms with van der Waals surface area (Å²) < 4.78 is 285. The monoisotopic (exact) mass is 1040 g/mol. The number of anilines is 1. The van der Waals surface area contributed by atoms with E-state index in [0.29, 0.717) is 11.6 Å². The highest BCUT2D eigenvalue weighted by Crippen LogP contribution is 2.64. The van der Waals surface area contributed by atoms with Crippen LogP contribution in [0.3, 0.4) is 0 Å². The molecule has 2 rings (SSSR count). The van der Waals surface area contributed by atoms with E-state index < -0.39 is 128 Å². The van der Waals surface area contributed by atoms with Gasteiger partial charge in [-0.1, -0.05) is 52.0 Å². The lowest BCUT2D eigenvalue weighted by Crippen LogP contribution is -2.74. The maximum absolute atomic E-state index is 15.0. The Labute approximate surface area is 377 Å². The molecule has 0 saturated heterocycles. The molecule has 1 N–H and O–H groups in total. The van der Waals surface area contributed by atoms with Gasteiger partial charge >= 0.3 is 59.7 Å². The number of rotatable bonds is 24. The minimum Gasteiger partial charge on any atom is -0.491 e. The summed E-state index contributed by atoms with van der Waals surface area (Å²) in [5, 5.41) is 2.12. The molecule has 0 aliphatic carbocycles. The van der Waals surface area contributed by atoms with Crippen LogP contribution in [0.1, 0.15) is 66.1 Å². The third-order valence-corrected chi connectivity index (χ3v) is 16.0. The molecule has 27 heteroatoms. The summed E-state index contributed by atoms with van der Waals surface area (Å²) in [6.07, 6.45) is -8.65. The average molecular weight is 1040 g/mol. The van der Waals surface area contributed by atoms with E-state index in [1.807, 2.05) is 0 Å². The van der Waals surface area contributed by atoms with Crippen molar-refractivity contribution in [1.29, 1.82) is 0 Å². The Bertz CT molecular complexity index is 2070. The maximum Gasteiger partial charge on any atom is 0.460 e. The molecule has 0 spiro atoms. The number of hydrogen-bond acceptors (Lipinski definition) is 6. The highest BCUT2D eigenvalue weighted by Gasteiger charge is 2.95. The molecule has 0 unspecified atom stereocenters. The van der Waals surface area contributed by atoms with Crippen LogP contribution in [0, 0.1) is 11.6 Å². The molecule has 2 aromatic carbocycles. The Hall–Kier alpha value is -4.69. The van der Waals surface area contributed by atoms with E-state index in [-0.39, 0.29) is 24.3 Å². The molecule has 7 nitrogen and oxygen atoms in total. The molecule has 0 bridgehead atoms. The summed E-state index contributed by atoms with van der Waals surface area (Å²) in [5.74, 6) is -59.6. The molecule has 0 aliphatic rings. The fourth-order valence-electron chi connectivity index (χ4n) is 6.43. The van der Waals surface area contributed by atoms with Crippen LogP contribution in [0.25, 0.3) is 0 Å². The fourth-order valence-corrected chi connectivity index (χ4v) is 10.9. The first-order valence-electron chi connectivity index (χ1n) is 19.8. The van der Waals surface area contributed by atoms with Crippen LogP contribution < -0.4 is 10.1 Å². The highest BCUT2D eigenvalue weighted by atomic mass is 28.4. The van der Waals surface area contributed by atoms with Crippen LogP contribution in [-0.4, -0.2) is 87.8 Å². The molecule has 0 saturated carbocycles. The quantitative estimate of drug-likeness (QED) is 0.0282. The van der Waals surface area contributed by atoms with Gasteiger partial charge in [0, 0.05) is 25.0 Å². The minimum absolute atomic E-state index is 0.0452. The van der Waals surface area contributed by atoms with E-state index >= 15 is 8.78 Å². The van der Waals surface area contributed by atoms with Crippen molar-refractivity contribution in [2.75, 3.05) is 25.1 Å². The van der Waals surface area contributed by atoms with Crippen LogP contribution in [0.4, 0.5) is 93.9 Å². The molecule has 386 valence electrons. The normalized spacial score (nSPS) is 14.7. The van der Waals surface area contributed by atoms with Gasteiger partial charge in [0.25, 0.3) is 0 Å². The van der Waals surface area contributed by atoms with Gasteiger partial charge in [-0.15, -0.1) is 0 Å². The lowest BCUT2D eigenvalue weighted by molar-refractivity contribution is -0.461. The Morgan fingerprint density at radius 2 is 1.22 bits per heavy atom. The SMILES string of the molecule is CCOC(=O)/C=C(C)/C=C/C[C@H](OC(=O)Nc1ccc(F)cc1F)c1ccc(OCCO[Si](CCC(F)(F)C(F)(F)C(F)(F)C(F)(F)C(F)(F)C(F)(F)C(F)(F)C(F)(F)F)(C(C)C)C(C)C)cc1. The Morgan fingerprint density at radius 1 is 0.706 bits per heavy atom. The Balaban J connectivity index is 2.31. The van der Waals surface area contributed by atoms with E-state index in [4.69, 9.17) is 18.6 Å². The highest BCUT2D eigenvalue weighted by molar-refractivity contribution is 6.76. The first-order valence-corrected chi connectivity index (χ1v) is 22.1. The second-order valence-electron chi connectivity index (χ2n) is 15.6. The van der Waals surface area contributed by atoms with Gasteiger partial charge < -0.3 is 18.6 Å². The second-order valence-corrected chi connectivity index (χ2v) is 20.6. The number of hydrogen-bond donors (Lipinski definition) is 1. The molecular weight excluding hydrogens is 992 g/mol. The third kappa shape index (κ3) is 12.5. The van der Waals surface area contributed by atoms with Gasteiger partial charge in [0.05, 0.1) is 18.9 Å². The largest absolute Gasteiger partial charge is 0.491 e. The predicted molar refractivity (Wildman–Crippen MR) is 207 cm³/mol. The Kier molecular flexibility index (Phi) is 19.2. The first-order chi connectivity index (χ1) is 30.8. The summed E-state index contributed by atoms with van der Waals surface area (Å²) in [4.78, 5) is 24.5. The lowest BCUT2D eigenvalue weighted by atomic mass is 9.88. The average Bonchev–Trinajstić information content (AvgIpc) is 3.20. The molecule has 0 aromatic heterocycles. The van der Waals surface area contributed by atoms with Gasteiger partial charge in [-0.05, 0) is 66.4 Å². The van der Waals surface area contributed by atoms with Gasteiger partial charge in [0.2, 0.25) is 0 Å². The van der Waals surface area contributed by atoms with E-state index in [2.05, 4.69) is 5.32 Å². The van der Waals surface area contributed by atoms with Crippen LogP contribution in [0.5, 0.6) is 5.75 Å². The first kappa shape index (κ1) is 59.4. The predicted octanol–water partition coefficient (Wildman–Crippen LogP) is 14.3. The standard InChI is InChI=1S/C41H44F19NO6Si/c1-7-64-32(62)21-25(6)9-8-10-31(67-33(63)61-30-16-13-27(42)22-29(30)43)26-11-14-28(15-12-26)65-18-19-66-68(23(2)3,24(4)5)20-17-34(44,45)35(46,47)36(48,49)37(50,51)38(52,53)39(54,55)40(56,57)41(58,59)60/h8-9,11-16,21-24,31H,7,10,17-20H2,1-6H3,(H,61,63)/b9-8+,25-21+/t31-/m0/s1. The number of esters is 1. The second kappa shape index (κ2) is 21.9. The van der Waals surface area contributed by atoms with Crippen molar-refractivity contribution in [3.8, 4) is 5.75 Å². The van der Waals surface area contributed by atoms with Gasteiger partial charge in [-0.25, -0.2) is 18.4 Å². The van der Waals surface area contributed by atoms with Crippen LogP contribution in [0.2, 0.25) is 17.1 Å². The zero-order valence-electron chi connectivity index (χ0n) is 36.4. The molecule has 1 atom stereocenters. The van der Waals surface area contributed by atoms with Crippen molar-refractivity contribution in [2.45, 2.75) is 125 Å². The molecule has 0 heterocycles. The number of allylic oxidation sites excluding steroid dienone is 2. The smallest absolute Gasteiger partial charge is 0.460 e. The number of benzene rings is 2. The van der Waals surface area contributed by atoms with Gasteiger partial charge in [0.15, 0.2) is 8.32 Å². The van der Waals surface area contributed by atoms with E-state index in [1.165, 1.54) is 70.2 Å². The summed E-state index contributed by atoms with van der Waals surface area (Å²) in [7, 11) is -4.05. The molecular formula is C41H44F19NO6Si. The topological polar surface area (TPSA) is 83.1 Å².